The molecule has 216 valence electrons. The van der Waals surface area contributed by atoms with Crippen molar-refractivity contribution in [3.63, 3.8) is 0 Å². The average Bonchev–Trinajstić information content (AvgIpc) is 2.72. The largest absolute Gasteiger partial charge is 0.579 e. The standard InChI is InChI=1S/C32H48N4O2Si2/c1-29(2,3)33-27(23-25-19-15-13-16-20-25)34(30(4,5)6)39(33)37-40(38-39)35(31(7,8)9)28(36(40)32(10,11)12)24-26-21-17-14-18-22-26/h13-24H,1-12H3. The van der Waals surface area contributed by atoms with Crippen LogP contribution in [0.25, 0.3) is 12.2 Å². The predicted molar refractivity (Wildman–Crippen MR) is 169 cm³/mol. The van der Waals surface area contributed by atoms with E-state index in [1.807, 2.05) is 0 Å². The number of benzene rings is 2. The van der Waals surface area contributed by atoms with Crippen molar-refractivity contribution in [2.24, 2.45) is 0 Å². The van der Waals surface area contributed by atoms with Crippen molar-refractivity contribution < 1.29 is 8.23 Å². The molecule has 0 aromatic heterocycles. The summed E-state index contributed by atoms with van der Waals surface area (Å²) in [5.74, 6) is 2.34. The molecule has 0 N–H and O–H groups in total. The highest BCUT2D eigenvalue weighted by Crippen LogP contribution is 2.62. The second-order valence-electron chi connectivity index (χ2n) is 15.2. The lowest BCUT2D eigenvalue weighted by Gasteiger charge is -2.79. The van der Waals surface area contributed by atoms with E-state index >= 15 is 0 Å². The van der Waals surface area contributed by atoms with Crippen molar-refractivity contribution in [1.29, 1.82) is 0 Å². The van der Waals surface area contributed by atoms with Crippen LogP contribution in [0, 0.1) is 0 Å². The first-order valence-corrected chi connectivity index (χ1v) is 17.9. The van der Waals surface area contributed by atoms with Crippen LogP contribution in [0.5, 0.6) is 0 Å². The van der Waals surface area contributed by atoms with Gasteiger partial charge in [-0.25, -0.2) is 0 Å². The van der Waals surface area contributed by atoms with Gasteiger partial charge in [-0.15, -0.1) is 0 Å². The van der Waals surface area contributed by atoms with Crippen LogP contribution < -0.4 is 0 Å². The Kier molecular flexibility index (Phi) is 6.51. The van der Waals surface area contributed by atoms with Gasteiger partial charge in [0.25, 0.3) is 0 Å². The molecule has 2 aromatic rings. The molecule has 5 rings (SSSR count). The lowest BCUT2D eigenvalue weighted by molar-refractivity contribution is -0.110. The topological polar surface area (TPSA) is 31.4 Å². The Labute approximate surface area is 244 Å². The smallest absolute Gasteiger partial charge is 0.347 e. The van der Waals surface area contributed by atoms with Crippen LogP contribution >= 0.6 is 0 Å². The Morgan fingerprint density at radius 1 is 0.450 bits per heavy atom. The van der Waals surface area contributed by atoms with Crippen molar-refractivity contribution in [3.05, 3.63) is 83.4 Å². The van der Waals surface area contributed by atoms with E-state index in [9.17, 15) is 0 Å². The Hall–Kier alpha value is -2.53. The van der Waals surface area contributed by atoms with E-state index in [1.165, 1.54) is 22.8 Å². The van der Waals surface area contributed by atoms with Gasteiger partial charge in [-0.05, 0) is 106 Å². The van der Waals surface area contributed by atoms with E-state index in [-0.39, 0.29) is 22.2 Å². The van der Waals surface area contributed by atoms with Crippen molar-refractivity contribution in [3.8, 4) is 0 Å². The quantitative estimate of drug-likeness (QED) is 0.348. The molecular formula is C32H48N4O2Si2. The van der Waals surface area contributed by atoms with Crippen LogP contribution in [-0.4, -0.2) is 58.2 Å². The summed E-state index contributed by atoms with van der Waals surface area (Å²) in [6.07, 6.45) is 4.58. The molecule has 0 aliphatic carbocycles. The summed E-state index contributed by atoms with van der Waals surface area (Å²) in [6, 6.07) is 21.2. The molecule has 3 heterocycles. The molecule has 0 unspecified atom stereocenters. The fourth-order valence-corrected chi connectivity index (χ4v) is 17.4. The van der Waals surface area contributed by atoms with E-state index < -0.39 is 17.8 Å². The molecule has 0 atom stereocenters. The lowest BCUT2D eigenvalue weighted by Crippen LogP contribution is -3.04. The third-order valence-electron chi connectivity index (χ3n) is 7.45. The molecule has 0 radical (unpaired) electrons. The van der Waals surface area contributed by atoms with E-state index in [0.29, 0.717) is 0 Å². The number of hydrogen-bond acceptors (Lipinski definition) is 6. The lowest BCUT2D eigenvalue weighted by atomic mass is 10.1. The molecule has 6 nitrogen and oxygen atoms in total. The zero-order valence-electron chi connectivity index (χ0n) is 26.5. The molecule has 3 fully saturated rings. The first-order valence-electron chi connectivity index (χ1n) is 14.5. The second-order valence-corrected chi connectivity index (χ2v) is 20.8. The summed E-state index contributed by atoms with van der Waals surface area (Å²) < 4.78 is 25.0. The van der Waals surface area contributed by atoms with Crippen molar-refractivity contribution >= 4 is 29.9 Å². The summed E-state index contributed by atoms with van der Waals surface area (Å²) in [5, 5.41) is 0. The molecule has 0 bridgehead atoms. The van der Waals surface area contributed by atoms with Crippen LogP contribution in [0.1, 0.15) is 94.2 Å². The summed E-state index contributed by atoms with van der Waals surface area (Å²) in [7, 11) is -5.91. The third-order valence-corrected chi connectivity index (χ3v) is 17.6. The predicted octanol–water partition coefficient (Wildman–Crippen LogP) is 7.33. The van der Waals surface area contributed by atoms with E-state index in [4.69, 9.17) is 8.23 Å². The van der Waals surface area contributed by atoms with Gasteiger partial charge in [-0.2, -0.15) is 0 Å². The number of nitrogens with zero attached hydrogens (tertiary/aromatic N) is 4. The molecule has 0 saturated carbocycles. The summed E-state index contributed by atoms with van der Waals surface area (Å²) in [6.45, 7) is 27.2. The van der Waals surface area contributed by atoms with Crippen LogP contribution in [0.4, 0.5) is 0 Å². The van der Waals surface area contributed by atoms with Gasteiger partial charge in [0.2, 0.25) is 0 Å². The maximum Gasteiger partial charge on any atom is 0.579 e. The van der Waals surface area contributed by atoms with E-state index in [1.54, 1.807) is 0 Å². The van der Waals surface area contributed by atoms with Crippen molar-refractivity contribution in [2.75, 3.05) is 0 Å². The van der Waals surface area contributed by atoms with Gasteiger partial charge >= 0.3 is 17.8 Å². The molecular weight excluding hydrogens is 529 g/mol. The highest BCUT2D eigenvalue weighted by Gasteiger charge is 2.90. The highest BCUT2D eigenvalue weighted by atomic mass is 28.5. The van der Waals surface area contributed by atoms with E-state index in [2.05, 4.69) is 174 Å². The number of hydrogen-bond donors (Lipinski definition) is 0. The average molecular weight is 577 g/mol. The van der Waals surface area contributed by atoms with Gasteiger partial charge in [0.05, 0.1) is 11.6 Å². The minimum absolute atomic E-state index is 0.170. The maximum atomic E-state index is 7.56. The second kappa shape index (κ2) is 8.98. The molecule has 40 heavy (non-hydrogen) atoms. The minimum Gasteiger partial charge on any atom is -0.347 e. The van der Waals surface area contributed by atoms with Gasteiger partial charge in [0, 0.05) is 22.2 Å². The third kappa shape index (κ3) is 4.44. The maximum absolute atomic E-state index is 7.56. The Morgan fingerprint density at radius 3 is 0.925 bits per heavy atom. The van der Waals surface area contributed by atoms with Crippen LogP contribution in [0.2, 0.25) is 0 Å². The zero-order valence-corrected chi connectivity index (χ0v) is 28.5. The van der Waals surface area contributed by atoms with Crippen LogP contribution in [0.15, 0.2) is 72.3 Å². The summed E-state index contributed by atoms with van der Waals surface area (Å²) >= 11 is 0. The first kappa shape index (κ1) is 29.0. The number of rotatable bonds is 2. The van der Waals surface area contributed by atoms with Crippen LogP contribution in [0.3, 0.4) is 0 Å². The van der Waals surface area contributed by atoms with Gasteiger partial charge in [0.15, 0.2) is 0 Å². The molecule has 3 saturated heterocycles. The molecule has 8 heteroatoms. The first-order chi connectivity index (χ1) is 18.3. The van der Waals surface area contributed by atoms with Gasteiger partial charge in [-0.3, -0.25) is 0 Å². The fourth-order valence-electron chi connectivity index (χ4n) is 6.33. The molecule has 3 aliphatic heterocycles. The summed E-state index contributed by atoms with van der Waals surface area (Å²) in [4.78, 5) is 0. The molecule has 0 amide bonds. The van der Waals surface area contributed by atoms with E-state index in [0.717, 1.165) is 0 Å². The van der Waals surface area contributed by atoms with Crippen molar-refractivity contribution in [2.45, 2.75) is 105 Å². The van der Waals surface area contributed by atoms with Crippen LogP contribution in [-0.2, 0) is 8.23 Å². The Balaban J connectivity index is 1.62. The monoisotopic (exact) mass is 576 g/mol. The Bertz CT molecular complexity index is 1160. The van der Waals surface area contributed by atoms with Gasteiger partial charge in [-0.1, -0.05) is 60.7 Å². The zero-order chi connectivity index (χ0) is 29.5. The Morgan fingerprint density at radius 2 is 0.700 bits per heavy atom. The van der Waals surface area contributed by atoms with Gasteiger partial charge in [0.1, 0.15) is 0 Å². The molecule has 3 aliphatic rings. The van der Waals surface area contributed by atoms with Gasteiger partial charge < -0.3 is 26.5 Å². The highest BCUT2D eigenvalue weighted by molar-refractivity contribution is 6.92. The van der Waals surface area contributed by atoms with Crippen molar-refractivity contribution in [1.82, 2.24) is 18.3 Å². The molecule has 2 spiro atoms. The minimum atomic E-state index is -2.96. The molecule has 2 aromatic carbocycles. The normalized spacial score (nSPS) is 25.2. The summed E-state index contributed by atoms with van der Waals surface area (Å²) in [5.41, 5.74) is 1.68. The SMILES string of the molecule is CC(C)(C)N1C(=Cc2ccccc2)N(C(C)(C)C)[Si]12O[Si]1(O2)N(C(C)(C)C)C(=Cc2ccccc2)N1C(C)(C)C. The fraction of sp³-hybridized carbons (Fsp3) is 0.500.